The van der Waals surface area contributed by atoms with Gasteiger partial charge < -0.3 is 5.32 Å². The van der Waals surface area contributed by atoms with Gasteiger partial charge in [0.1, 0.15) is 12.9 Å². The second kappa shape index (κ2) is 6.51. The van der Waals surface area contributed by atoms with Crippen LogP contribution in [0.15, 0.2) is 47.5 Å². The number of carbonyl (C=O) groups is 1. The fraction of sp³-hybridized carbons (Fsp3) is 0.158. The van der Waals surface area contributed by atoms with Gasteiger partial charge in [-0.15, -0.1) is 5.10 Å². The van der Waals surface area contributed by atoms with Crippen molar-refractivity contribution in [2.75, 3.05) is 5.32 Å². The van der Waals surface area contributed by atoms with Crippen LogP contribution >= 0.6 is 11.6 Å². The summed E-state index contributed by atoms with van der Waals surface area (Å²) in [6.07, 6.45) is 1.44. The van der Waals surface area contributed by atoms with Crippen LogP contribution in [0, 0.1) is 13.8 Å². The van der Waals surface area contributed by atoms with E-state index in [4.69, 9.17) is 11.6 Å². The van der Waals surface area contributed by atoms with E-state index in [9.17, 15) is 9.59 Å². The molecule has 0 aliphatic rings. The van der Waals surface area contributed by atoms with Gasteiger partial charge in [-0.2, -0.15) is 0 Å². The molecule has 2 aromatic carbocycles. The molecule has 0 saturated heterocycles. The molecule has 1 N–H and O–H groups in total. The predicted octanol–water partition coefficient (Wildman–Crippen LogP) is 2.95. The van der Waals surface area contributed by atoms with Gasteiger partial charge >= 0.3 is 5.69 Å². The highest BCUT2D eigenvalue weighted by atomic mass is 35.5. The van der Waals surface area contributed by atoms with Crippen molar-refractivity contribution in [3.05, 3.63) is 69.4 Å². The molecule has 4 aromatic rings. The van der Waals surface area contributed by atoms with Crippen molar-refractivity contribution in [1.82, 2.24) is 19.2 Å². The number of hydrogen-bond acceptors (Lipinski definition) is 4. The van der Waals surface area contributed by atoms with E-state index >= 15 is 0 Å². The zero-order chi connectivity index (χ0) is 19.1. The molecule has 27 heavy (non-hydrogen) atoms. The van der Waals surface area contributed by atoms with E-state index in [0.29, 0.717) is 16.4 Å². The molecule has 0 bridgehead atoms. The third-order valence-corrected chi connectivity index (χ3v) is 4.81. The van der Waals surface area contributed by atoms with E-state index in [1.807, 2.05) is 38.1 Å². The van der Waals surface area contributed by atoms with Crippen molar-refractivity contribution in [3.63, 3.8) is 0 Å². The number of para-hydroxylation sites is 1. The molecule has 0 unspecified atom stereocenters. The number of anilines is 1. The lowest BCUT2D eigenvalue weighted by Gasteiger charge is -2.06. The van der Waals surface area contributed by atoms with Crippen molar-refractivity contribution in [2.24, 2.45) is 0 Å². The van der Waals surface area contributed by atoms with Gasteiger partial charge in [0.25, 0.3) is 0 Å². The molecule has 8 heteroatoms. The van der Waals surface area contributed by atoms with Crippen molar-refractivity contribution in [3.8, 4) is 0 Å². The number of halogens is 1. The van der Waals surface area contributed by atoms with E-state index in [2.05, 4.69) is 15.4 Å². The van der Waals surface area contributed by atoms with Crippen molar-refractivity contribution in [1.29, 1.82) is 0 Å². The number of aryl methyl sites for hydroxylation is 2. The minimum absolute atomic E-state index is 0.209. The predicted molar refractivity (Wildman–Crippen MR) is 104 cm³/mol. The number of carbonyl (C=O) groups excluding carboxylic acids is 1. The Kier molecular flexibility index (Phi) is 4.16. The van der Waals surface area contributed by atoms with Crippen molar-refractivity contribution < 1.29 is 4.79 Å². The molecule has 0 aliphatic carbocycles. The van der Waals surface area contributed by atoms with Gasteiger partial charge in [0, 0.05) is 16.1 Å². The minimum atomic E-state index is -0.419. The van der Waals surface area contributed by atoms with E-state index in [1.54, 1.807) is 12.1 Å². The lowest BCUT2D eigenvalue weighted by molar-refractivity contribution is -0.117. The molecule has 2 heterocycles. The highest BCUT2D eigenvalue weighted by Crippen LogP contribution is 2.20. The summed E-state index contributed by atoms with van der Waals surface area (Å²) in [7, 11) is 0. The average Bonchev–Trinajstić information content (AvgIpc) is 2.95. The van der Waals surface area contributed by atoms with Crippen LogP contribution in [-0.4, -0.2) is 25.1 Å². The maximum Gasteiger partial charge on any atom is 0.352 e. The third-order valence-electron chi connectivity index (χ3n) is 4.40. The number of hydrogen-bond donors (Lipinski definition) is 1. The molecule has 4 rings (SSSR count). The second-order valence-electron chi connectivity index (χ2n) is 6.36. The Morgan fingerprint density at radius 2 is 2.00 bits per heavy atom. The fourth-order valence-electron chi connectivity index (χ4n) is 2.94. The van der Waals surface area contributed by atoms with Gasteiger partial charge in [-0.25, -0.2) is 18.9 Å². The Balaban J connectivity index is 1.67. The van der Waals surface area contributed by atoms with Crippen LogP contribution in [0.25, 0.3) is 16.6 Å². The Morgan fingerprint density at radius 1 is 1.19 bits per heavy atom. The van der Waals surface area contributed by atoms with E-state index < -0.39 is 5.69 Å². The maximum absolute atomic E-state index is 12.6. The molecular formula is C19H16ClN5O2. The summed E-state index contributed by atoms with van der Waals surface area (Å²) in [5.74, 6) is -0.367. The standard InChI is InChI=1S/C19H16ClN5O2/c1-11-6-7-13(8-15(11)20)22-16(26)9-25-19(27)24-10-21-17-12(2)4-3-5-14(17)18(24)23-25/h3-8,10H,9H2,1-2H3,(H,22,26). The number of amides is 1. The van der Waals surface area contributed by atoms with E-state index in [1.165, 1.54) is 10.7 Å². The quantitative estimate of drug-likeness (QED) is 0.591. The highest BCUT2D eigenvalue weighted by Gasteiger charge is 2.14. The molecule has 0 fully saturated rings. The molecule has 7 nitrogen and oxygen atoms in total. The molecule has 1 amide bonds. The van der Waals surface area contributed by atoms with Gasteiger partial charge in [-0.1, -0.05) is 29.8 Å². The monoisotopic (exact) mass is 381 g/mol. The Morgan fingerprint density at radius 3 is 2.78 bits per heavy atom. The Bertz CT molecular complexity index is 1260. The van der Waals surface area contributed by atoms with Crippen molar-refractivity contribution >= 4 is 39.7 Å². The maximum atomic E-state index is 12.6. The van der Waals surface area contributed by atoms with Crippen LogP contribution in [0.2, 0.25) is 5.02 Å². The van der Waals surface area contributed by atoms with Gasteiger partial charge in [-0.05, 0) is 43.2 Å². The third kappa shape index (κ3) is 3.06. The molecule has 0 atom stereocenters. The van der Waals surface area contributed by atoms with Gasteiger partial charge in [0.05, 0.1) is 5.52 Å². The number of aromatic nitrogens is 4. The molecular weight excluding hydrogens is 366 g/mol. The first-order chi connectivity index (χ1) is 12.9. The number of rotatable bonds is 3. The first-order valence-electron chi connectivity index (χ1n) is 8.33. The second-order valence-corrected chi connectivity index (χ2v) is 6.77. The summed E-state index contributed by atoms with van der Waals surface area (Å²) in [4.78, 5) is 29.3. The van der Waals surface area contributed by atoms with E-state index in [-0.39, 0.29) is 12.5 Å². The van der Waals surface area contributed by atoms with Crippen LogP contribution in [0.4, 0.5) is 5.69 Å². The Labute approximate surface area is 159 Å². The zero-order valence-corrected chi connectivity index (χ0v) is 15.5. The summed E-state index contributed by atoms with van der Waals surface area (Å²) in [6, 6.07) is 10.9. The van der Waals surface area contributed by atoms with Gasteiger partial charge in [0.2, 0.25) is 5.91 Å². The first-order valence-corrected chi connectivity index (χ1v) is 8.71. The van der Waals surface area contributed by atoms with Crippen LogP contribution < -0.4 is 11.0 Å². The fourth-order valence-corrected chi connectivity index (χ4v) is 3.12. The van der Waals surface area contributed by atoms with E-state index in [0.717, 1.165) is 26.7 Å². The molecule has 0 aliphatic heterocycles. The summed E-state index contributed by atoms with van der Waals surface area (Å²) < 4.78 is 2.47. The molecule has 0 radical (unpaired) electrons. The molecule has 0 spiro atoms. The van der Waals surface area contributed by atoms with Gasteiger partial charge in [0.15, 0.2) is 5.65 Å². The van der Waals surface area contributed by atoms with Crippen LogP contribution in [0.5, 0.6) is 0 Å². The van der Waals surface area contributed by atoms with Crippen LogP contribution in [0.3, 0.4) is 0 Å². The van der Waals surface area contributed by atoms with Gasteiger partial charge in [-0.3, -0.25) is 4.79 Å². The SMILES string of the molecule is Cc1ccc(NC(=O)Cn2nc3c4cccc(C)c4ncn3c2=O)cc1Cl. The lowest BCUT2D eigenvalue weighted by Crippen LogP contribution is -2.28. The summed E-state index contributed by atoms with van der Waals surface area (Å²) >= 11 is 6.08. The van der Waals surface area contributed by atoms with Crippen molar-refractivity contribution in [2.45, 2.75) is 20.4 Å². The lowest BCUT2D eigenvalue weighted by atomic mass is 10.1. The summed E-state index contributed by atoms with van der Waals surface area (Å²) in [5.41, 5.74) is 3.31. The minimum Gasteiger partial charge on any atom is -0.324 e. The number of benzene rings is 2. The Hall–Kier alpha value is -3.19. The topological polar surface area (TPSA) is 81.3 Å². The summed E-state index contributed by atoms with van der Waals surface area (Å²) in [6.45, 7) is 3.62. The number of nitrogens with one attached hydrogen (secondary N) is 1. The summed E-state index contributed by atoms with van der Waals surface area (Å²) in [5, 5.41) is 8.39. The largest absolute Gasteiger partial charge is 0.352 e. The first kappa shape index (κ1) is 17.2. The zero-order valence-electron chi connectivity index (χ0n) is 14.7. The normalized spacial score (nSPS) is 11.2. The molecule has 136 valence electrons. The number of nitrogens with zero attached hydrogens (tertiary/aromatic N) is 4. The molecule has 2 aromatic heterocycles. The molecule has 0 saturated carbocycles. The number of fused-ring (bicyclic) bond motifs is 3. The smallest absolute Gasteiger partial charge is 0.324 e. The highest BCUT2D eigenvalue weighted by molar-refractivity contribution is 6.31. The van der Waals surface area contributed by atoms with Crippen LogP contribution in [0.1, 0.15) is 11.1 Å². The average molecular weight is 382 g/mol. The van der Waals surface area contributed by atoms with Crippen LogP contribution in [-0.2, 0) is 11.3 Å².